The van der Waals surface area contributed by atoms with Crippen LogP contribution in [-0.4, -0.2) is 42.1 Å². The van der Waals surface area contributed by atoms with Crippen molar-refractivity contribution in [2.45, 2.75) is 63.1 Å². The van der Waals surface area contributed by atoms with E-state index in [1.807, 2.05) is 0 Å². The van der Waals surface area contributed by atoms with E-state index in [2.05, 4.69) is 4.99 Å². The van der Waals surface area contributed by atoms with E-state index in [0.29, 0.717) is 6.42 Å². The van der Waals surface area contributed by atoms with Gasteiger partial charge >= 0.3 is 6.18 Å². The number of halogens is 4. The molecule has 1 atom stereocenters. The van der Waals surface area contributed by atoms with Gasteiger partial charge in [-0.05, 0) is 31.3 Å². The first-order chi connectivity index (χ1) is 13.1. The fraction of sp³-hybridized carbons (Fsp3) is 0.684. The number of hydrogen-bond donors (Lipinski definition) is 1. The number of amides is 1. The Bertz CT molecular complexity index is 723. The molecule has 1 fully saturated rings. The largest absolute Gasteiger partial charge is 0.488 e. The first kappa shape index (κ1) is 20.7. The van der Waals surface area contributed by atoms with Crippen LogP contribution in [0.4, 0.5) is 17.6 Å². The summed E-state index contributed by atoms with van der Waals surface area (Å²) in [6.45, 7) is -0.336. The Morgan fingerprint density at radius 1 is 1.32 bits per heavy atom. The van der Waals surface area contributed by atoms with Gasteiger partial charge in [0.2, 0.25) is 0 Å². The minimum absolute atomic E-state index is 0.0203. The molecule has 0 radical (unpaired) electrons. The average Bonchev–Trinajstić information content (AvgIpc) is 2.85. The fourth-order valence-corrected chi connectivity index (χ4v) is 4.19. The zero-order valence-corrected chi connectivity index (χ0v) is 15.8. The van der Waals surface area contributed by atoms with E-state index in [9.17, 15) is 22.4 Å². The zero-order chi connectivity index (χ0) is 20.5. The van der Waals surface area contributed by atoms with Crippen LogP contribution in [0, 0.1) is 5.92 Å². The molecule has 0 aromatic carbocycles. The van der Waals surface area contributed by atoms with Gasteiger partial charge in [-0.2, -0.15) is 13.2 Å². The highest BCUT2D eigenvalue weighted by Gasteiger charge is 2.49. The molecule has 9 heteroatoms. The van der Waals surface area contributed by atoms with Crippen molar-refractivity contribution in [3.63, 3.8) is 0 Å². The molecule has 0 aromatic rings. The summed E-state index contributed by atoms with van der Waals surface area (Å²) in [7, 11) is 1.49. The van der Waals surface area contributed by atoms with Gasteiger partial charge in [-0.15, -0.1) is 0 Å². The van der Waals surface area contributed by atoms with Crippen LogP contribution in [0.25, 0.3) is 0 Å². The van der Waals surface area contributed by atoms with E-state index < -0.39 is 35.3 Å². The molecule has 0 aromatic heterocycles. The Balaban J connectivity index is 1.80. The number of nitrogens with zero attached hydrogens (tertiary/aromatic N) is 2. The van der Waals surface area contributed by atoms with Gasteiger partial charge in [-0.25, -0.2) is 9.38 Å². The molecule has 1 amide bonds. The van der Waals surface area contributed by atoms with Crippen molar-refractivity contribution in [2.24, 2.45) is 16.6 Å². The minimum atomic E-state index is -4.75. The van der Waals surface area contributed by atoms with Crippen LogP contribution in [-0.2, 0) is 9.53 Å². The van der Waals surface area contributed by atoms with Crippen molar-refractivity contribution < 1.29 is 27.1 Å². The molecule has 0 saturated heterocycles. The van der Waals surface area contributed by atoms with E-state index in [-0.39, 0.29) is 30.8 Å². The number of allylic oxidation sites excluding steroid dienone is 3. The number of alkyl halides is 3. The molecule has 0 bridgehead atoms. The standard InChI is InChI=1S/C19H25F4N3O2/c1-26-16(27)18(25-17(26)24,10-12-6-3-2-4-7-12)11-28-14-9-5-8-13(15(14)20)19(21,22)23/h9,12H,2-8,10-11H2,1H3,(H2,24,25). The molecular formula is C19H25F4N3O2. The monoisotopic (exact) mass is 403 g/mol. The fourth-order valence-electron chi connectivity index (χ4n) is 4.19. The van der Waals surface area contributed by atoms with E-state index in [0.717, 1.165) is 32.1 Å². The molecule has 1 saturated carbocycles. The lowest BCUT2D eigenvalue weighted by molar-refractivity contribution is -0.132. The van der Waals surface area contributed by atoms with Crippen molar-refractivity contribution in [1.82, 2.24) is 4.90 Å². The highest BCUT2D eigenvalue weighted by atomic mass is 19.4. The van der Waals surface area contributed by atoms with Gasteiger partial charge in [0.05, 0.1) is 5.57 Å². The highest BCUT2D eigenvalue weighted by molar-refractivity contribution is 6.06. The number of aliphatic imine (C=N–C) groups is 1. The number of nitrogens with two attached hydrogens (primary N) is 1. The van der Waals surface area contributed by atoms with Crippen LogP contribution >= 0.6 is 0 Å². The maximum absolute atomic E-state index is 14.3. The van der Waals surface area contributed by atoms with Crippen molar-refractivity contribution in [2.75, 3.05) is 13.7 Å². The van der Waals surface area contributed by atoms with Crippen LogP contribution in [0.3, 0.4) is 0 Å². The predicted molar refractivity (Wildman–Crippen MR) is 95.8 cm³/mol. The molecule has 5 nitrogen and oxygen atoms in total. The Hall–Kier alpha value is -2.06. The van der Waals surface area contributed by atoms with Crippen LogP contribution in [0.1, 0.15) is 51.4 Å². The van der Waals surface area contributed by atoms with E-state index in [1.54, 1.807) is 0 Å². The molecule has 3 aliphatic rings. The van der Waals surface area contributed by atoms with Gasteiger partial charge in [0, 0.05) is 7.05 Å². The molecule has 0 spiro atoms. The lowest BCUT2D eigenvalue weighted by Crippen LogP contribution is -2.46. The number of ether oxygens (including phenoxy) is 1. The second kappa shape index (κ2) is 7.75. The lowest BCUT2D eigenvalue weighted by atomic mass is 9.79. The van der Waals surface area contributed by atoms with E-state index in [1.165, 1.54) is 18.0 Å². The van der Waals surface area contributed by atoms with Gasteiger partial charge in [0.25, 0.3) is 5.91 Å². The van der Waals surface area contributed by atoms with Gasteiger partial charge in [-0.1, -0.05) is 32.1 Å². The Morgan fingerprint density at radius 3 is 2.57 bits per heavy atom. The Labute approximate surface area is 161 Å². The summed E-state index contributed by atoms with van der Waals surface area (Å²) >= 11 is 0. The maximum Gasteiger partial charge on any atom is 0.415 e. The third-order valence-electron chi connectivity index (χ3n) is 5.74. The minimum Gasteiger partial charge on any atom is -0.488 e. The molecule has 2 aliphatic carbocycles. The van der Waals surface area contributed by atoms with Crippen molar-refractivity contribution in [1.29, 1.82) is 0 Å². The Kier molecular flexibility index (Phi) is 5.72. The summed E-state index contributed by atoms with van der Waals surface area (Å²) in [6, 6.07) is 0. The van der Waals surface area contributed by atoms with Crippen molar-refractivity contribution in [3.8, 4) is 0 Å². The lowest BCUT2D eigenvalue weighted by Gasteiger charge is -2.31. The van der Waals surface area contributed by atoms with Crippen molar-refractivity contribution in [3.05, 3.63) is 23.2 Å². The van der Waals surface area contributed by atoms with E-state index in [4.69, 9.17) is 10.5 Å². The third kappa shape index (κ3) is 4.03. The maximum atomic E-state index is 14.3. The average molecular weight is 403 g/mol. The first-order valence-corrected chi connectivity index (χ1v) is 9.57. The zero-order valence-electron chi connectivity index (χ0n) is 15.8. The van der Waals surface area contributed by atoms with Gasteiger partial charge in [-0.3, -0.25) is 9.69 Å². The summed E-state index contributed by atoms with van der Waals surface area (Å²) in [6.07, 6.45) is 1.67. The van der Waals surface area contributed by atoms with Crippen molar-refractivity contribution >= 4 is 11.9 Å². The second-order valence-corrected chi connectivity index (χ2v) is 7.76. The topological polar surface area (TPSA) is 67.9 Å². The highest BCUT2D eigenvalue weighted by Crippen LogP contribution is 2.40. The van der Waals surface area contributed by atoms with Crippen LogP contribution in [0.15, 0.2) is 28.2 Å². The third-order valence-corrected chi connectivity index (χ3v) is 5.74. The summed E-state index contributed by atoms with van der Waals surface area (Å²) in [4.78, 5) is 18.4. The molecule has 1 heterocycles. The number of carbonyl (C=O) groups is 1. The molecule has 3 rings (SSSR count). The molecule has 1 unspecified atom stereocenters. The summed E-state index contributed by atoms with van der Waals surface area (Å²) in [5, 5.41) is 0. The number of rotatable bonds is 5. The first-order valence-electron chi connectivity index (χ1n) is 9.57. The van der Waals surface area contributed by atoms with Crippen LogP contribution in [0.2, 0.25) is 0 Å². The second-order valence-electron chi connectivity index (χ2n) is 7.76. The van der Waals surface area contributed by atoms with Gasteiger partial charge < -0.3 is 10.5 Å². The normalized spacial score (nSPS) is 27.2. The number of guanidine groups is 1. The molecular weight excluding hydrogens is 378 g/mol. The summed E-state index contributed by atoms with van der Waals surface area (Å²) < 4.78 is 58.7. The number of hydrogen-bond acceptors (Lipinski definition) is 4. The summed E-state index contributed by atoms with van der Waals surface area (Å²) in [5.74, 6) is -1.97. The van der Waals surface area contributed by atoms with E-state index >= 15 is 0 Å². The molecule has 1 aliphatic heterocycles. The predicted octanol–water partition coefficient (Wildman–Crippen LogP) is 3.96. The smallest absolute Gasteiger partial charge is 0.415 e. The molecule has 156 valence electrons. The number of carbonyl (C=O) groups excluding carboxylic acids is 1. The quantitative estimate of drug-likeness (QED) is 0.707. The SMILES string of the molecule is CN1C(=O)C(COC2=CCCC(C(F)(F)F)=C2F)(CC2CCCCC2)N=C1N. The van der Waals surface area contributed by atoms with Gasteiger partial charge in [0.1, 0.15) is 6.61 Å². The van der Waals surface area contributed by atoms with Crippen LogP contribution in [0.5, 0.6) is 0 Å². The molecule has 28 heavy (non-hydrogen) atoms. The summed E-state index contributed by atoms with van der Waals surface area (Å²) in [5.41, 5.74) is 3.26. The van der Waals surface area contributed by atoms with Crippen LogP contribution < -0.4 is 5.73 Å². The molecule has 2 N–H and O–H groups in total. The number of likely N-dealkylation sites (N-methyl/N-ethyl adjacent to an activating group) is 1. The Morgan fingerprint density at radius 2 is 2.00 bits per heavy atom. The van der Waals surface area contributed by atoms with Gasteiger partial charge in [0.15, 0.2) is 23.1 Å².